The van der Waals surface area contributed by atoms with Crippen LogP contribution in [0.1, 0.15) is 17.2 Å². The normalized spacial score (nSPS) is 14.3. The van der Waals surface area contributed by atoms with Gasteiger partial charge in [-0.2, -0.15) is 0 Å². The van der Waals surface area contributed by atoms with Gasteiger partial charge in [0.25, 0.3) is 0 Å². The SMILES string of the molecule is NS(=O)c1cc(C(O)c2ccc(OC(F)(F)F)cc2)ccc1Cl. The second-order valence-electron chi connectivity index (χ2n) is 4.51. The van der Waals surface area contributed by atoms with Crippen molar-refractivity contribution >= 4 is 22.6 Å². The van der Waals surface area contributed by atoms with Crippen LogP contribution >= 0.6 is 11.6 Å². The standard InChI is InChI=1S/C14H11ClF3NO3S/c15-11-6-3-9(7-12(11)23(19)21)13(20)8-1-4-10(5-2-8)22-14(16,17)18/h1-7,13,20H,19H2. The van der Waals surface area contributed by atoms with Crippen molar-refractivity contribution in [3.8, 4) is 5.75 Å². The number of aliphatic hydroxyl groups is 1. The molecule has 124 valence electrons. The average molecular weight is 366 g/mol. The van der Waals surface area contributed by atoms with Crippen molar-refractivity contribution in [2.45, 2.75) is 17.4 Å². The molecule has 2 aromatic rings. The summed E-state index contributed by atoms with van der Waals surface area (Å²) in [7, 11) is -1.83. The molecule has 0 amide bonds. The highest BCUT2D eigenvalue weighted by molar-refractivity contribution is 7.82. The maximum atomic E-state index is 12.1. The van der Waals surface area contributed by atoms with Crippen LogP contribution < -0.4 is 9.88 Å². The van der Waals surface area contributed by atoms with Gasteiger partial charge in [-0.05, 0) is 35.4 Å². The Balaban J connectivity index is 2.25. The van der Waals surface area contributed by atoms with Crippen LogP contribution in [0.2, 0.25) is 5.02 Å². The quantitative estimate of drug-likeness (QED) is 0.873. The van der Waals surface area contributed by atoms with Crippen molar-refractivity contribution in [3.05, 3.63) is 58.6 Å². The van der Waals surface area contributed by atoms with E-state index < -0.39 is 29.2 Å². The van der Waals surface area contributed by atoms with Gasteiger partial charge in [0.2, 0.25) is 0 Å². The second kappa shape index (κ2) is 6.88. The molecule has 3 N–H and O–H groups in total. The van der Waals surface area contributed by atoms with Gasteiger partial charge in [0.05, 0.1) is 9.92 Å². The zero-order valence-electron chi connectivity index (χ0n) is 11.4. The zero-order chi connectivity index (χ0) is 17.2. The third-order valence-electron chi connectivity index (χ3n) is 2.92. The molecule has 2 rings (SSSR count). The Bertz CT molecular complexity index is 722. The van der Waals surface area contributed by atoms with Gasteiger partial charge in [-0.3, -0.25) is 0 Å². The molecule has 0 bridgehead atoms. The lowest BCUT2D eigenvalue weighted by molar-refractivity contribution is -0.274. The van der Waals surface area contributed by atoms with E-state index >= 15 is 0 Å². The maximum absolute atomic E-state index is 12.1. The minimum Gasteiger partial charge on any atom is -0.406 e. The third kappa shape index (κ3) is 4.68. The Kier molecular flexibility index (Phi) is 5.30. The number of aliphatic hydroxyl groups excluding tert-OH is 1. The molecule has 0 radical (unpaired) electrons. The summed E-state index contributed by atoms with van der Waals surface area (Å²) >= 11 is 5.85. The zero-order valence-corrected chi connectivity index (χ0v) is 13.0. The molecule has 2 aromatic carbocycles. The number of rotatable bonds is 4. The smallest absolute Gasteiger partial charge is 0.406 e. The van der Waals surface area contributed by atoms with Gasteiger partial charge in [0.1, 0.15) is 22.8 Å². The minimum atomic E-state index is -4.78. The molecule has 23 heavy (non-hydrogen) atoms. The number of benzene rings is 2. The van der Waals surface area contributed by atoms with E-state index in [2.05, 4.69) is 4.74 Å². The summed E-state index contributed by atoms with van der Waals surface area (Å²) in [4.78, 5) is 0.153. The number of ether oxygens (including phenoxy) is 1. The summed E-state index contributed by atoms with van der Waals surface area (Å²) in [5, 5.41) is 15.7. The Morgan fingerprint density at radius 2 is 1.70 bits per heavy atom. The van der Waals surface area contributed by atoms with Crippen molar-refractivity contribution in [2.24, 2.45) is 5.14 Å². The van der Waals surface area contributed by atoms with Crippen molar-refractivity contribution in [2.75, 3.05) is 0 Å². The van der Waals surface area contributed by atoms with Gasteiger partial charge in [-0.15, -0.1) is 13.2 Å². The molecular formula is C14H11ClF3NO3S. The van der Waals surface area contributed by atoms with Crippen LogP contribution in [0.25, 0.3) is 0 Å². The fraction of sp³-hybridized carbons (Fsp3) is 0.143. The molecule has 0 saturated carbocycles. The highest BCUT2D eigenvalue weighted by Crippen LogP contribution is 2.29. The molecule has 0 fully saturated rings. The van der Waals surface area contributed by atoms with Crippen LogP contribution in [0.4, 0.5) is 13.2 Å². The van der Waals surface area contributed by atoms with Crippen molar-refractivity contribution in [1.82, 2.24) is 0 Å². The first kappa shape index (κ1) is 17.7. The van der Waals surface area contributed by atoms with Gasteiger partial charge < -0.3 is 9.84 Å². The molecule has 0 aliphatic heterocycles. The van der Waals surface area contributed by atoms with E-state index in [1.807, 2.05) is 0 Å². The third-order valence-corrected chi connectivity index (χ3v) is 4.13. The van der Waals surface area contributed by atoms with E-state index in [0.717, 1.165) is 12.1 Å². The molecule has 0 aromatic heterocycles. The van der Waals surface area contributed by atoms with Crippen LogP contribution in [0.5, 0.6) is 5.75 Å². The first-order valence-electron chi connectivity index (χ1n) is 6.17. The average Bonchev–Trinajstić information content (AvgIpc) is 2.46. The summed E-state index contributed by atoms with van der Waals surface area (Å²) in [6.45, 7) is 0. The van der Waals surface area contributed by atoms with E-state index in [9.17, 15) is 22.5 Å². The predicted molar refractivity (Wildman–Crippen MR) is 79.2 cm³/mol. The van der Waals surface area contributed by atoms with Gasteiger partial charge in [0, 0.05) is 0 Å². The number of hydrogen-bond donors (Lipinski definition) is 2. The van der Waals surface area contributed by atoms with Crippen molar-refractivity contribution in [1.29, 1.82) is 0 Å². The fourth-order valence-corrected chi connectivity index (χ4v) is 2.75. The molecule has 4 nitrogen and oxygen atoms in total. The molecule has 9 heteroatoms. The summed E-state index contributed by atoms with van der Waals surface area (Å²) in [5.41, 5.74) is 0.684. The van der Waals surface area contributed by atoms with Crippen LogP contribution in [0, 0.1) is 0 Å². The first-order valence-corrected chi connectivity index (χ1v) is 7.76. The fourth-order valence-electron chi connectivity index (χ4n) is 1.89. The number of halogens is 4. The Morgan fingerprint density at radius 1 is 1.13 bits per heavy atom. The van der Waals surface area contributed by atoms with E-state index in [1.54, 1.807) is 0 Å². The van der Waals surface area contributed by atoms with E-state index in [4.69, 9.17) is 16.7 Å². The largest absolute Gasteiger partial charge is 0.573 e. The summed E-state index contributed by atoms with van der Waals surface area (Å²) in [6.07, 6.45) is -5.93. The van der Waals surface area contributed by atoms with E-state index in [1.165, 1.54) is 30.3 Å². The van der Waals surface area contributed by atoms with E-state index in [0.29, 0.717) is 11.1 Å². The molecule has 0 spiro atoms. The summed E-state index contributed by atoms with van der Waals surface area (Å²) in [5.74, 6) is -0.395. The molecular weight excluding hydrogens is 355 g/mol. The summed E-state index contributed by atoms with van der Waals surface area (Å²) < 4.78 is 51.4. The van der Waals surface area contributed by atoms with Gasteiger partial charge in [-0.1, -0.05) is 29.8 Å². The van der Waals surface area contributed by atoms with Gasteiger partial charge >= 0.3 is 6.36 Å². The lowest BCUT2D eigenvalue weighted by Gasteiger charge is -2.14. The monoisotopic (exact) mass is 365 g/mol. The number of hydrogen-bond acceptors (Lipinski definition) is 3. The highest BCUT2D eigenvalue weighted by Gasteiger charge is 2.31. The Morgan fingerprint density at radius 3 is 2.22 bits per heavy atom. The van der Waals surface area contributed by atoms with Crippen LogP contribution in [0.15, 0.2) is 47.4 Å². The topological polar surface area (TPSA) is 72.6 Å². The highest BCUT2D eigenvalue weighted by atomic mass is 35.5. The van der Waals surface area contributed by atoms with Crippen LogP contribution in [0.3, 0.4) is 0 Å². The van der Waals surface area contributed by atoms with E-state index in [-0.39, 0.29) is 9.92 Å². The molecule has 0 aliphatic rings. The van der Waals surface area contributed by atoms with Crippen molar-refractivity contribution < 1.29 is 27.2 Å². The maximum Gasteiger partial charge on any atom is 0.573 e. The molecule has 2 unspecified atom stereocenters. The number of nitrogens with two attached hydrogens (primary N) is 1. The second-order valence-corrected chi connectivity index (χ2v) is 5.95. The first-order chi connectivity index (χ1) is 10.7. The Hall–Kier alpha value is -1.61. The minimum absolute atomic E-state index is 0.153. The van der Waals surface area contributed by atoms with Crippen molar-refractivity contribution in [3.63, 3.8) is 0 Å². The lowest BCUT2D eigenvalue weighted by atomic mass is 10.0. The Labute approximate surface area is 137 Å². The molecule has 0 heterocycles. The van der Waals surface area contributed by atoms with Gasteiger partial charge in [0.15, 0.2) is 0 Å². The summed E-state index contributed by atoms with van der Waals surface area (Å²) in [6, 6.07) is 9.07. The molecule has 0 saturated heterocycles. The van der Waals surface area contributed by atoms with Crippen LogP contribution in [-0.4, -0.2) is 15.7 Å². The number of alkyl halides is 3. The lowest BCUT2D eigenvalue weighted by Crippen LogP contribution is -2.17. The molecule has 2 atom stereocenters. The predicted octanol–water partition coefficient (Wildman–Crippen LogP) is 3.30. The van der Waals surface area contributed by atoms with Gasteiger partial charge in [-0.25, -0.2) is 9.35 Å². The van der Waals surface area contributed by atoms with Crippen LogP contribution in [-0.2, 0) is 11.0 Å². The molecule has 0 aliphatic carbocycles.